The molecule has 0 bridgehead atoms. The van der Waals surface area contributed by atoms with E-state index in [1.165, 1.54) is 0 Å². The molecular weight excluding hydrogens is 254 g/mol. The number of hydrogen-bond acceptors (Lipinski definition) is 5. The van der Waals surface area contributed by atoms with E-state index in [-0.39, 0.29) is 11.6 Å². The van der Waals surface area contributed by atoms with E-state index in [1.54, 1.807) is 0 Å². The van der Waals surface area contributed by atoms with Gasteiger partial charge in [0, 0.05) is 6.61 Å². The molecule has 1 aliphatic rings. The molecule has 2 atom stereocenters. The normalized spacial score (nSPS) is 25.9. The van der Waals surface area contributed by atoms with Crippen LogP contribution in [0.4, 0.5) is 11.5 Å². The summed E-state index contributed by atoms with van der Waals surface area (Å²) in [6.07, 6.45) is 1.12. The number of nitrogen functional groups attached to an aromatic ring is 1. The van der Waals surface area contributed by atoms with Crippen molar-refractivity contribution >= 4 is 11.5 Å². The van der Waals surface area contributed by atoms with E-state index in [2.05, 4.69) is 38.0 Å². The molecule has 1 fully saturated rings. The first kappa shape index (κ1) is 14.9. The maximum absolute atomic E-state index is 5.90. The highest BCUT2D eigenvalue weighted by molar-refractivity contribution is 5.54. The highest BCUT2D eigenvalue weighted by Gasteiger charge is 2.37. The van der Waals surface area contributed by atoms with Gasteiger partial charge in [0.05, 0.1) is 23.9 Å². The fraction of sp³-hybridized carbons (Fsp3) is 0.667. The summed E-state index contributed by atoms with van der Waals surface area (Å²) in [6.45, 7) is 9.80. The highest BCUT2D eigenvalue weighted by Crippen LogP contribution is 2.30. The fourth-order valence-electron chi connectivity index (χ4n) is 2.17. The van der Waals surface area contributed by atoms with E-state index in [0.29, 0.717) is 24.1 Å². The van der Waals surface area contributed by atoms with Gasteiger partial charge < -0.3 is 20.5 Å². The van der Waals surface area contributed by atoms with Crippen molar-refractivity contribution in [1.29, 1.82) is 0 Å². The van der Waals surface area contributed by atoms with Crippen LogP contribution in [-0.4, -0.2) is 29.8 Å². The average molecular weight is 279 g/mol. The van der Waals surface area contributed by atoms with Crippen LogP contribution in [0.15, 0.2) is 12.1 Å². The molecular formula is C15H25N3O2. The van der Waals surface area contributed by atoms with Crippen molar-refractivity contribution in [2.45, 2.75) is 45.8 Å². The van der Waals surface area contributed by atoms with Crippen LogP contribution in [0.25, 0.3) is 0 Å². The second-order valence-corrected chi connectivity index (χ2v) is 6.10. The van der Waals surface area contributed by atoms with Crippen LogP contribution < -0.4 is 15.8 Å². The SMILES string of the molecule is CC(C)COc1nc(NC2(C)CCOC2C)ccc1N. The van der Waals surface area contributed by atoms with Gasteiger partial charge in [-0.25, -0.2) is 0 Å². The summed E-state index contributed by atoms with van der Waals surface area (Å²) in [5, 5.41) is 3.45. The van der Waals surface area contributed by atoms with Gasteiger partial charge in [0.25, 0.3) is 0 Å². The van der Waals surface area contributed by atoms with Crippen molar-refractivity contribution in [3.63, 3.8) is 0 Å². The Morgan fingerprint density at radius 1 is 1.55 bits per heavy atom. The average Bonchev–Trinajstić information content (AvgIpc) is 2.70. The van der Waals surface area contributed by atoms with Crippen molar-refractivity contribution in [3.05, 3.63) is 12.1 Å². The second-order valence-electron chi connectivity index (χ2n) is 6.10. The van der Waals surface area contributed by atoms with E-state index in [4.69, 9.17) is 15.2 Å². The monoisotopic (exact) mass is 279 g/mol. The van der Waals surface area contributed by atoms with Crippen LogP contribution in [0.1, 0.15) is 34.1 Å². The van der Waals surface area contributed by atoms with E-state index in [1.807, 2.05) is 12.1 Å². The number of anilines is 2. The number of nitrogens with zero attached hydrogens (tertiary/aromatic N) is 1. The lowest BCUT2D eigenvalue weighted by Crippen LogP contribution is -2.41. The molecule has 0 amide bonds. The molecule has 5 heteroatoms. The summed E-state index contributed by atoms with van der Waals surface area (Å²) in [6, 6.07) is 3.71. The van der Waals surface area contributed by atoms with E-state index < -0.39 is 0 Å². The zero-order valence-electron chi connectivity index (χ0n) is 12.8. The van der Waals surface area contributed by atoms with Crippen LogP contribution in [0.2, 0.25) is 0 Å². The van der Waals surface area contributed by atoms with Gasteiger partial charge in [-0.3, -0.25) is 0 Å². The number of pyridine rings is 1. The lowest BCUT2D eigenvalue weighted by Gasteiger charge is -2.29. The number of aromatic nitrogens is 1. The zero-order chi connectivity index (χ0) is 14.8. The van der Waals surface area contributed by atoms with Gasteiger partial charge in [0.1, 0.15) is 5.82 Å². The topological polar surface area (TPSA) is 69.4 Å². The number of nitrogens with two attached hydrogens (primary N) is 1. The molecule has 20 heavy (non-hydrogen) atoms. The highest BCUT2D eigenvalue weighted by atomic mass is 16.5. The molecule has 1 aromatic heterocycles. The van der Waals surface area contributed by atoms with Gasteiger partial charge in [0.2, 0.25) is 5.88 Å². The van der Waals surface area contributed by atoms with E-state index >= 15 is 0 Å². The van der Waals surface area contributed by atoms with Crippen LogP contribution in [-0.2, 0) is 4.74 Å². The third-order valence-corrected chi connectivity index (χ3v) is 3.74. The molecule has 2 rings (SSSR count). The van der Waals surface area contributed by atoms with Crippen LogP contribution in [0.3, 0.4) is 0 Å². The predicted molar refractivity (Wildman–Crippen MR) is 81.0 cm³/mol. The Balaban J connectivity index is 2.10. The van der Waals surface area contributed by atoms with Crippen molar-refractivity contribution in [2.24, 2.45) is 5.92 Å². The van der Waals surface area contributed by atoms with Crippen LogP contribution in [0.5, 0.6) is 5.88 Å². The summed E-state index contributed by atoms with van der Waals surface area (Å²) in [5.74, 6) is 1.71. The van der Waals surface area contributed by atoms with Gasteiger partial charge in [-0.15, -0.1) is 0 Å². The Labute approximate surface area is 120 Å². The lowest BCUT2D eigenvalue weighted by atomic mass is 9.95. The van der Waals surface area contributed by atoms with Gasteiger partial charge in [-0.05, 0) is 38.3 Å². The molecule has 1 saturated heterocycles. The Morgan fingerprint density at radius 2 is 2.30 bits per heavy atom. The Morgan fingerprint density at radius 3 is 2.90 bits per heavy atom. The van der Waals surface area contributed by atoms with Crippen molar-refractivity contribution in [1.82, 2.24) is 4.98 Å². The second kappa shape index (κ2) is 5.87. The Bertz CT molecular complexity index is 464. The molecule has 2 unspecified atom stereocenters. The minimum Gasteiger partial charge on any atom is -0.476 e. The van der Waals surface area contributed by atoms with E-state index in [9.17, 15) is 0 Å². The quantitative estimate of drug-likeness (QED) is 0.867. The first-order valence-electron chi connectivity index (χ1n) is 7.20. The van der Waals surface area contributed by atoms with Crippen molar-refractivity contribution in [2.75, 3.05) is 24.3 Å². The molecule has 0 spiro atoms. The standard InChI is InChI=1S/C15H25N3O2/c1-10(2)9-20-14-12(16)5-6-13(17-14)18-15(4)7-8-19-11(15)3/h5-6,10-11H,7-9,16H2,1-4H3,(H,17,18). The Kier molecular flexibility index (Phi) is 4.38. The summed E-state index contributed by atoms with van der Waals surface area (Å²) < 4.78 is 11.3. The smallest absolute Gasteiger partial charge is 0.239 e. The molecule has 1 aromatic rings. The van der Waals surface area contributed by atoms with E-state index in [0.717, 1.165) is 18.8 Å². The van der Waals surface area contributed by atoms with Crippen LogP contribution >= 0.6 is 0 Å². The van der Waals surface area contributed by atoms with Crippen molar-refractivity contribution < 1.29 is 9.47 Å². The first-order valence-corrected chi connectivity index (χ1v) is 7.20. The largest absolute Gasteiger partial charge is 0.476 e. The van der Waals surface area contributed by atoms with Gasteiger partial charge in [-0.2, -0.15) is 4.98 Å². The fourth-order valence-corrected chi connectivity index (χ4v) is 2.17. The maximum atomic E-state index is 5.90. The minimum atomic E-state index is -0.0988. The lowest BCUT2D eigenvalue weighted by molar-refractivity contribution is 0.105. The third-order valence-electron chi connectivity index (χ3n) is 3.74. The van der Waals surface area contributed by atoms with Crippen LogP contribution in [0, 0.1) is 5.92 Å². The minimum absolute atomic E-state index is 0.0988. The molecule has 0 radical (unpaired) electrons. The molecule has 0 aromatic carbocycles. The van der Waals surface area contributed by atoms with Gasteiger partial charge in [-0.1, -0.05) is 13.8 Å². The van der Waals surface area contributed by atoms with Gasteiger partial charge >= 0.3 is 0 Å². The predicted octanol–water partition coefficient (Wildman–Crippen LogP) is 2.68. The third kappa shape index (κ3) is 3.33. The van der Waals surface area contributed by atoms with Crippen molar-refractivity contribution in [3.8, 4) is 5.88 Å². The summed E-state index contributed by atoms with van der Waals surface area (Å²) in [7, 11) is 0. The number of rotatable bonds is 5. The first-order chi connectivity index (χ1) is 9.40. The molecule has 3 N–H and O–H groups in total. The molecule has 0 saturated carbocycles. The molecule has 0 aliphatic carbocycles. The summed E-state index contributed by atoms with van der Waals surface area (Å²) in [5.41, 5.74) is 6.37. The molecule has 112 valence electrons. The molecule has 2 heterocycles. The maximum Gasteiger partial charge on any atom is 0.239 e. The zero-order valence-corrected chi connectivity index (χ0v) is 12.8. The number of nitrogens with one attached hydrogen (secondary N) is 1. The number of ether oxygens (including phenoxy) is 2. The molecule has 5 nitrogen and oxygen atoms in total. The van der Waals surface area contributed by atoms with Gasteiger partial charge in [0.15, 0.2) is 0 Å². The number of hydrogen-bond donors (Lipinski definition) is 2. The summed E-state index contributed by atoms with van der Waals surface area (Å²) >= 11 is 0. The molecule has 1 aliphatic heterocycles. The summed E-state index contributed by atoms with van der Waals surface area (Å²) in [4.78, 5) is 4.47. The Hall–Kier alpha value is -1.49.